The van der Waals surface area contributed by atoms with Gasteiger partial charge in [0.15, 0.2) is 23.0 Å². The van der Waals surface area contributed by atoms with E-state index in [2.05, 4.69) is 0 Å². The highest BCUT2D eigenvalue weighted by Crippen LogP contribution is 2.40. The molecule has 1 atom stereocenters. The molecule has 0 saturated heterocycles. The summed E-state index contributed by atoms with van der Waals surface area (Å²) >= 11 is 0. The van der Waals surface area contributed by atoms with Crippen LogP contribution in [0.15, 0.2) is 29.5 Å². The molecule has 28 heavy (non-hydrogen) atoms. The predicted octanol–water partition coefficient (Wildman–Crippen LogP) is 2.63. The third-order valence-electron chi connectivity index (χ3n) is 4.70. The fourth-order valence-electron chi connectivity index (χ4n) is 3.35. The Morgan fingerprint density at radius 1 is 1.11 bits per heavy atom. The van der Waals surface area contributed by atoms with Gasteiger partial charge in [-0.2, -0.15) is 0 Å². The quantitative estimate of drug-likeness (QED) is 0.589. The normalized spacial score (nSPS) is 16.5. The number of hydrogen-bond donors (Lipinski definition) is 2. The smallest absolute Gasteiger partial charge is 0.303 e. The largest absolute Gasteiger partial charge is 0.503 e. The molecule has 1 heterocycles. The number of aliphatic hydroxyl groups is 1. The third kappa shape index (κ3) is 4.44. The molecule has 0 aromatic heterocycles. The summed E-state index contributed by atoms with van der Waals surface area (Å²) in [4.78, 5) is 36.8. The Morgan fingerprint density at radius 2 is 1.79 bits per heavy atom. The number of ether oxygens (including phenoxy) is 2. The zero-order valence-electron chi connectivity index (χ0n) is 16.2. The van der Waals surface area contributed by atoms with Crippen LogP contribution in [0.4, 0.5) is 0 Å². The Bertz CT molecular complexity index is 800. The van der Waals surface area contributed by atoms with E-state index in [1.807, 2.05) is 0 Å². The van der Waals surface area contributed by atoms with E-state index < -0.39 is 23.7 Å². The number of methoxy groups -OCH3 is 2. The van der Waals surface area contributed by atoms with Crippen molar-refractivity contribution in [2.24, 2.45) is 0 Å². The molecule has 0 spiro atoms. The van der Waals surface area contributed by atoms with Crippen molar-refractivity contribution >= 4 is 17.7 Å². The summed E-state index contributed by atoms with van der Waals surface area (Å²) < 4.78 is 10.5. The van der Waals surface area contributed by atoms with Gasteiger partial charge < -0.3 is 24.6 Å². The second-order valence-electron chi connectivity index (χ2n) is 6.54. The second-order valence-corrected chi connectivity index (χ2v) is 6.54. The van der Waals surface area contributed by atoms with Crippen molar-refractivity contribution in [3.63, 3.8) is 0 Å². The third-order valence-corrected chi connectivity index (χ3v) is 4.70. The van der Waals surface area contributed by atoms with Gasteiger partial charge in [-0.3, -0.25) is 14.4 Å². The number of carboxylic acids is 1. The number of amides is 1. The molecule has 0 fully saturated rings. The second kappa shape index (κ2) is 9.25. The lowest BCUT2D eigenvalue weighted by atomic mass is 9.96. The van der Waals surface area contributed by atoms with Crippen LogP contribution >= 0.6 is 0 Å². The van der Waals surface area contributed by atoms with Gasteiger partial charge in [-0.15, -0.1) is 0 Å². The molecule has 1 aromatic rings. The molecular formula is C20H25NO7. The number of Topliss-reactive ketones (excluding diaryl/α,β-unsaturated/α-hetero) is 1. The lowest BCUT2D eigenvalue weighted by Gasteiger charge is -2.27. The van der Waals surface area contributed by atoms with Crippen LogP contribution in [0.25, 0.3) is 0 Å². The van der Waals surface area contributed by atoms with Crippen LogP contribution < -0.4 is 9.47 Å². The zero-order valence-corrected chi connectivity index (χ0v) is 16.2. The Labute approximate surface area is 163 Å². The predicted molar refractivity (Wildman–Crippen MR) is 100 cm³/mol. The van der Waals surface area contributed by atoms with Crippen molar-refractivity contribution in [1.82, 2.24) is 4.90 Å². The van der Waals surface area contributed by atoms with Crippen LogP contribution in [0.3, 0.4) is 0 Å². The van der Waals surface area contributed by atoms with E-state index in [4.69, 9.17) is 14.6 Å². The molecule has 0 radical (unpaired) electrons. The number of aliphatic carboxylic acids is 1. The topological polar surface area (TPSA) is 113 Å². The summed E-state index contributed by atoms with van der Waals surface area (Å²) in [7, 11) is 2.99. The SMILES string of the molecule is COc1ccc([C@H]2C(C(C)=O)=C(O)C(=O)N2CCCCCC(=O)O)cc1OC. The van der Waals surface area contributed by atoms with Crippen LogP contribution in [0.2, 0.25) is 0 Å². The molecule has 1 amide bonds. The minimum Gasteiger partial charge on any atom is -0.503 e. The number of benzene rings is 1. The first kappa shape index (κ1) is 21.3. The van der Waals surface area contributed by atoms with Crippen molar-refractivity contribution in [2.45, 2.75) is 38.6 Å². The summed E-state index contributed by atoms with van der Waals surface area (Å²) in [6.07, 6.45) is 1.73. The molecule has 1 aliphatic heterocycles. The number of carbonyl (C=O) groups is 3. The van der Waals surface area contributed by atoms with E-state index in [1.165, 1.54) is 26.0 Å². The fourth-order valence-corrected chi connectivity index (χ4v) is 3.35. The number of rotatable bonds is 10. The molecule has 0 bridgehead atoms. The summed E-state index contributed by atoms with van der Waals surface area (Å²) in [6, 6.07) is 4.34. The lowest BCUT2D eigenvalue weighted by Crippen LogP contribution is -2.32. The number of ketones is 1. The average molecular weight is 391 g/mol. The van der Waals surface area contributed by atoms with Gasteiger partial charge in [0.2, 0.25) is 0 Å². The molecule has 152 valence electrons. The Morgan fingerprint density at radius 3 is 2.36 bits per heavy atom. The zero-order chi connectivity index (χ0) is 20.8. The number of unbranched alkanes of at least 4 members (excludes halogenated alkanes) is 2. The van der Waals surface area contributed by atoms with Crippen molar-refractivity contribution in [3.05, 3.63) is 35.1 Å². The van der Waals surface area contributed by atoms with Gasteiger partial charge in [-0.1, -0.05) is 12.5 Å². The summed E-state index contributed by atoms with van der Waals surface area (Å²) in [6.45, 7) is 1.60. The fraction of sp³-hybridized carbons (Fsp3) is 0.450. The van der Waals surface area contributed by atoms with Crippen LogP contribution in [0.5, 0.6) is 11.5 Å². The van der Waals surface area contributed by atoms with Gasteiger partial charge in [-0.05, 0) is 37.5 Å². The molecule has 8 heteroatoms. The molecule has 1 aliphatic rings. The van der Waals surface area contributed by atoms with E-state index in [9.17, 15) is 19.5 Å². The maximum Gasteiger partial charge on any atom is 0.303 e. The molecule has 0 aliphatic carbocycles. The molecule has 8 nitrogen and oxygen atoms in total. The van der Waals surface area contributed by atoms with E-state index in [0.717, 1.165) is 0 Å². The highest BCUT2D eigenvalue weighted by atomic mass is 16.5. The van der Waals surface area contributed by atoms with Crippen LogP contribution in [0, 0.1) is 0 Å². The lowest BCUT2D eigenvalue weighted by molar-refractivity contribution is -0.137. The highest BCUT2D eigenvalue weighted by Gasteiger charge is 2.42. The van der Waals surface area contributed by atoms with E-state index >= 15 is 0 Å². The van der Waals surface area contributed by atoms with Gasteiger partial charge in [0.05, 0.1) is 25.8 Å². The van der Waals surface area contributed by atoms with Crippen molar-refractivity contribution < 1.29 is 34.1 Å². The van der Waals surface area contributed by atoms with Gasteiger partial charge >= 0.3 is 5.97 Å². The van der Waals surface area contributed by atoms with Gasteiger partial charge in [0, 0.05) is 13.0 Å². The average Bonchev–Trinajstić information content (AvgIpc) is 2.91. The van der Waals surface area contributed by atoms with E-state index in [1.54, 1.807) is 18.2 Å². The van der Waals surface area contributed by atoms with Crippen LogP contribution in [-0.2, 0) is 14.4 Å². The van der Waals surface area contributed by atoms with Gasteiger partial charge in [-0.25, -0.2) is 0 Å². The first-order chi connectivity index (χ1) is 13.3. The molecule has 0 saturated carbocycles. The van der Waals surface area contributed by atoms with Crippen LogP contribution in [-0.4, -0.2) is 53.5 Å². The van der Waals surface area contributed by atoms with Crippen molar-refractivity contribution in [3.8, 4) is 11.5 Å². The van der Waals surface area contributed by atoms with E-state index in [-0.39, 0.29) is 24.3 Å². The number of hydrogen-bond acceptors (Lipinski definition) is 6. The molecule has 1 aromatic carbocycles. The number of aliphatic hydroxyl groups excluding tert-OH is 1. The Kier molecular flexibility index (Phi) is 7.03. The minimum absolute atomic E-state index is 0.0442. The highest BCUT2D eigenvalue weighted by molar-refractivity contribution is 6.08. The number of carbonyl (C=O) groups excluding carboxylic acids is 2. The minimum atomic E-state index is -0.862. The maximum absolute atomic E-state index is 12.6. The maximum atomic E-state index is 12.6. The van der Waals surface area contributed by atoms with Crippen LogP contribution in [0.1, 0.15) is 44.2 Å². The monoisotopic (exact) mass is 391 g/mol. The van der Waals surface area contributed by atoms with Gasteiger partial charge in [0.25, 0.3) is 5.91 Å². The summed E-state index contributed by atoms with van der Waals surface area (Å²) in [5.41, 5.74) is 0.661. The first-order valence-electron chi connectivity index (χ1n) is 9.00. The standard InChI is InChI=1S/C20H25NO7/c1-12(22)17-18(13-8-9-14(27-2)15(11-13)28-3)21(20(26)19(17)25)10-6-4-5-7-16(23)24/h8-9,11,18,25H,4-7,10H2,1-3H3,(H,23,24)/t18-/m0/s1. The summed E-state index contributed by atoms with van der Waals surface area (Å²) in [5.74, 6) is -1.45. The summed E-state index contributed by atoms with van der Waals surface area (Å²) in [5, 5.41) is 19.0. The Balaban J connectivity index is 2.30. The Hall–Kier alpha value is -3.03. The number of nitrogens with zero attached hydrogens (tertiary/aromatic N) is 1. The van der Waals surface area contributed by atoms with E-state index in [0.29, 0.717) is 36.3 Å². The van der Waals surface area contributed by atoms with Crippen molar-refractivity contribution in [1.29, 1.82) is 0 Å². The molecule has 0 unspecified atom stereocenters. The first-order valence-corrected chi connectivity index (χ1v) is 9.00. The molecular weight excluding hydrogens is 366 g/mol. The van der Waals surface area contributed by atoms with Gasteiger partial charge in [0.1, 0.15) is 0 Å². The molecule has 2 N–H and O–H groups in total. The number of carboxylic acid groups (broad SMARTS) is 1. The molecule has 2 rings (SSSR count). The van der Waals surface area contributed by atoms with Crippen molar-refractivity contribution in [2.75, 3.05) is 20.8 Å².